The van der Waals surface area contributed by atoms with Crippen molar-refractivity contribution in [1.29, 1.82) is 0 Å². The maximum Gasteiger partial charge on any atom is 0.328 e. The van der Waals surface area contributed by atoms with Crippen molar-refractivity contribution < 1.29 is 48.3 Å². The molecule has 4 rings (SSSR count). The number of phenols is 1. The fourth-order valence-electron chi connectivity index (χ4n) is 4.54. The summed E-state index contributed by atoms with van der Waals surface area (Å²) in [5.74, 6) is -1.63. The van der Waals surface area contributed by atoms with Crippen LogP contribution in [0.15, 0.2) is 59.2 Å². The van der Waals surface area contributed by atoms with Gasteiger partial charge >= 0.3 is 11.9 Å². The van der Waals surface area contributed by atoms with Crippen molar-refractivity contribution in [3.8, 4) is 23.0 Å². The van der Waals surface area contributed by atoms with E-state index in [9.17, 15) is 19.5 Å². The first-order valence-corrected chi connectivity index (χ1v) is 13.4. The van der Waals surface area contributed by atoms with E-state index >= 15 is 0 Å². The number of rotatable bonds is 11. The Morgan fingerprint density at radius 3 is 2.17 bits per heavy atom. The number of phenolic OH excluding ortho intramolecular Hbond substituents is 1. The molecule has 0 atom stereocenters. The molecule has 1 saturated heterocycles. The Hall–Kier alpha value is -4.77. The molecule has 11 heteroatoms. The first-order chi connectivity index (χ1) is 20.2. The van der Waals surface area contributed by atoms with E-state index in [4.69, 9.17) is 28.8 Å². The zero-order valence-electron chi connectivity index (χ0n) is 23.6. The van der Waals surface area contributed by atoms with E-state index in [2.05, 4.69) is 4.90 Å². The van der Waals surface area contributed by atoms with Gasteiger partial charge < -0.3 is 33.9 Å². The average molecular weight is 582 g/mol. The number of methoxy groups -OCH3 is 2. The third-order valence-electron chi connectivity index (χ3n) is 6.45. The number of fused-ring (bicyclic) bond motifs is 1. The number of carbonyl (C=O) groups excluding carboxylic acids is 1. The Labute approximate surface area is 243 Å². The van der Waals surface area contributed by atoms with Crippen molar-refractivity contribution >= 4 is 34.8 Å². The zero-order chi connectivity index (χ0) is 30.5. The summed E-state index contributed by atoms with van der Waals surface area (Å²) in [5.41, 5.74) is 1.45. The number of allylic oxidation sites excluding steroid dienone is 1. The Balaban J connectivity index is 0.000000531. The lowest BCUT2D eigenvalue weighted by atomic mass is 10.0. The van der Waals surface area contributed by atoms with E-state index in [1.165, 1.54) is 52.2 Å². The SMILES string of the molecule is COc1c(C(=O)/C=C\c2cccc(O)c2)c(OCCN2CCCCCC2)c(OC)c2occc12.O=C(O)/C=C/C(=O)O. The second-order valence-corrected chi connectivity index (χ2v) is 9.34. The molecule has 0 radical (unpaired) electrons. The summed E-state index contributed by atoms with van der Waals surface area (Å²) < 4.78 is 23.2. The molecular formula is C31H35NO10. The first kappa shape index (κ1) is 31.8. The summed E-state index contributed by atoms with van der Waals surface area (Å²) >= 11 is 0. The number of benzene rings is 2. The van der Waals surface area contributed by atoms with Crippen LogP contribution >= 0.6 is 0 Å². The number of furan rings is 1. The van der Waals surface area contributed by atoms with Crippen LogP contribution in [0.3, 0.4) is 0 Å². The van der Waals surface area contributed by atoms with Crippen LogP contribution in [0.1, 0.15) is 41.6 Å². The van der Waals surface area contributed by atoms with E-state index in [1.807, 2.05) is 0 Å². The Morgan fingerprint density at radius 2 is 1.57 bits per heavy atom. The highest BCUT2D eigenvalue weighted by atomic mass is 16.5. The predicted octanol–water partition coefficient (Wildman–Crippen LogP) is 5.02. The average Bonchev–Trinajstić information content (AvgIpc) is 3.30. The molecule has 0 aliphatic carbocycles. The molecule has 1 aliphatic rings. The number of hydrogen-bond acceptors (Lipinski definition) is 9. The summed E-state index contributed by atoms with van der Waals surface area (Å²) in [6, 6.07) is 8.43. The predicted molar refractivity (Wildman–Crippen MR) is 156 cm³/mol. The molecule has 224 valence electrons. The van der Waals surface area contributed by atoms with Crippen LogP contribution in [0.2, 0.25) is 0 Å². The van der Waals surface area contributed by atoms with Crippen molar-refractivity contribution in [2.75, 3.05) is 40.5 Å². The van der Waals surface area contributed by atoms with Gasteiger partial charge in [0.15, 0.2) is 17.1 Å². The van der Waals surface area contributed by atoms with Gasteiger partial charge in [0.1, 0.15) is 23.7 Å². The van der Waals surface area contributed by atoms with Crippen molar-refractivity contribution in [2.45, 2.75) is 25.7 Å². The number of ether oxygens (including phenoxy) is 3. The molecule has 3 N–H and O–H groups in total. The maximum atomic E-state index is 13.4. The van der Waals surface area contributed by atoms with Crippen LogP contribution in [-0.4, -0.2) is 78.4 Å². The van der Waals surface area contributed by atoms with Crippen LogP contribution < -0.4 is 14.2 Å². The molecule has 0 bridgehead atoms. The standard InChI is InChI=1S/C27H31NO6.C4H4O4/c1-31-24-21-12-16-33-25(21)27(32-2)26(34-17-15-28-13-5-3-4-6-14-28)23(24)22(30)11-10-19-8-7-9-20(29)18-19;5-3(6)1-2-4(7)8/h7-12,16,18,29H,3-6,13-15,17H2,1-2H3;1-2H,(H,5,6)(H,7,8)/b11-10-;2-1+. The minimum Gasteiger partial charge on any atom is -0.508 e. The van der Waals surface area contributed by atoms with E-state index in [0.717, 1.165) is 19.6 Å². The lowest BCUT2D eigenvalue weighted by Gasteiger charge is -2.22. The quantitative estimate of drug-likeness (QED) is 0.206. The molecular weight excluding hydrogens is 546 g/mol. The second kappa shape index (κ2) is 15.9. The third kappa shape index (κ3) is 8.87. The molecule has 0 spiro atoms. The number of nitrogens with zero attached hydrogens (tertiary/aromatic N) is 1. The number of hydrogen-bond donors (Lipinski definition) is 3. The number of aliphatic carboxylic acids is 2. The molecule has 1 fully saturated rings. The molecule has 2 aromatic carbocycles. The van der Waals surface area contributed by atoms with Gasteiger partial charge in [-0.25, -0.2) is 9.59 Å². The van der Waals surface area contributed by atoms with Crippen LogP contribution in [0, 0.1) is 0 Å². The Kier molecular flexibility index (Phi) is 12.0. The molecule has 42 heavy (non-hydrogen) atoms. The van der Waals surface area contributed by atoms with Crippen LogP contribution in [0.25, 0.3) is 17.0 Å². The molecule has 1 aliphatic heterocycles. The van der Waals surface area contributed by atoms with E-state index in [0.29, 0.717) is 52.5 Å². The van der Waals surface area contributed by atoms with Crippen molar-refractivity contribution in [3.05, 3.63) is 65.9 Å². The van der Waals surface area contributed by atoms with E-state index in [-0.39, 0.29) is 17.1 Å². The fraction of sp³-hybridized carbons (Fsp3) is 0.323. The van der Waals surface area contributed by atoms with Gasteiger partial charge in [-0.15, -0.1) is 0 Å². The Morgan fingerprint density at radius 1 is 0.905 bits per heavy atom. The van der Waals surface area contributed by atoms with Crippen molar-refractivity contribution in [1.82, 2.24) is 4.90 Å². The van der Waals surface area contributed by atoms with Crippen molar-refractivity contribution in [2.24, 2.45) is 0 Å². The Bertz CT molecular complexity index is 1410. The fourth-order valence-corrected chi connectivity index (χ4v) is 4.54. The van der Waals surface area contributed by atoms with Gasteiger partial charge in [0, 0.05) is 18.7 Å². The van der Waals surface area contributed by atoms with Gasteiger partial charge in [0.25, 0.3) is 0 Å². The lowest BCUT2D eigenvalue weighted by Crippen LogP contribution is -2.29. The molecule has 11 nitrogen and oxygen atoms in total. The largest absolute Gasteiger partial charge is 0.508 e. The minimum atomic E-state index is -1.26. The highest BCUT2D eigenvalue weighted by Gasteiger charge is 2.28. The van der Waals surface area contributed by atoms with Gasteiger partial charge in [-0.05, 0) is 55.8 Å². The first-order valence-electron chi connectivity index (χ1n) is 13.4. The summed E-state index contributed by atoms with van der Waals surface area (Å²) in [5, 5.41) is 26.0. The second-order valence-electron chi connectivity index (χ2n) is 9.34. The van der Waals surface area contributed by atoms with Gasteiger partial charge in [0.2, 0.25) is 5.75 Å². The molecule has 2 heterocycles. The molecule has 0 saturated carbocycles. The summed E-state index contributed by atoms with van der Waals surface area (Å²) in [6.07, 6.45) is 10.7. The van der Waals surface area contributed by atoms with E-state index < -0.39 is 11.9 Å². The summed E-state index contributed by atoms with van der Waals surface area (Å²) in [6.45, 7) is 3.27. The van der Waals surface area contributed by atoms with Crippen LogP contribution in [0.5, 0.6) is 23.0 Å². The topological polar surface area (TPSA) is 156 Å². The molecule has 0 amide bonds. The lowest BCUT2D eigenvalue weighted by molar-refractivity contribution is -0.134. The number of carbonyl (C=O) groups is 3. The smallest absolute Gasteiger partial charge is 0.328 e. The van der Waals surface area contributed by atoms with Crippen LogP contribution in [-0.2, 0) is 9.59 Å². The number of aromatic hydroxyl groups is 1. The van der Waals surface area contributed by atoms with E-state index in [1.54, 1.807) is 36.4 Å². The van der Waals surface area contributed by atoms with Gasteiger partial charge in [-0.2, -0.15) is 0 Å². The minimum absolute atomic E-state index is 0.131. The van der Waals surface area contributed by atoms with Crippen molar-refractivity contribution in [3.63, 3.8) is 0 Å². The highest BCUT2D eigenvalue weighted by Crippen LogP contribution is 2.46. The molecule has 0 unspecified atom stereocenters. The summed E-state index contributed by atoms with van der Waals surface area (Å²) in [7, 11) is 3.05. The van der Waals surface area contributed by atoms with Gasteiger partial charge in [0.05, 0.1) is 25.9 Å². The monoisotopic (exact) mass is 581 g/mol. The normalized spacial score (nSPS) is 13.9. The zero-order valence-corrected chi connectivity index (χ0v) is 23.6. The maximum absolute atomic E-state index is 13.4. The number of likely N-dealkylation sites (tertiary alicyclic amines) is 1. The van der Waals surface area contributed by atoms with Gasteiger partial charge in [-0.1, -0.05) is 31.1 Å². The third-order valence-corrected chi connectivity index (χ3v) is 6.45. The number of ketones is 1. The molecule has 1 aromatic heterocycles. The highest BCUT2D eigenvalue weighted by molar-refractivity contribution is 6.15. The molecule has 3 aromatic rings. The number of carboxylic acids is 2. The van der Waals surface area contributed by atoms with Crippen LogP contribution in [0.4, 0.5) is 0 Å². The van der Waals surface area contributed by atoms with Gasteiger partial charge in [-0.3, -0.25) is 9.69 Å². The number of carboxylic acid groups (broad SMARTS) is 2. The summed E-state index contributed by atoms with van der Waals surface area (Å²) in [4.78, 5) is 34.9.